The predicted molar refractivity (Wildman–Crippen MR) is 101 cm³/mol. The quantitative estimate of drug-likeness (QED) is 0.828. The van der Waals surface area contributed by atoms with Crippen molar-refractivity contribution in [2.45, 2.75) is 46.3 Å². The minimum atomic E-state index is -1.03. The molecule has 0 atom stereocenters. The number of hydrogen-bond acceptors (Lipinski definition) is 3. The van der Waals surface area contributed by atoms with Crippen molar-refractivity contribution in [2.24, 2.45) is 0 Å². The lowest BCUT2D eigenvalue weighted by atomic mass is 10.0. The maximum Gasteiger partial charge on any atom is 0.335 e. The third-order valence-corrected chi connectivity index (χ3v) is 3.71. The van der Waals surface area contributed by atoms with Gasteiger partial charge in [0.25, 0.3) is 0 Å². The van der Waals surface area contributed by atoms with Crippen LogP contribution in [0, 0.1) is 6.92 Å². The molecule has 0 spiro atoms. The molecule has 0 heterocycles. The topological polar surface area (TPSA) is 75.6 Å². The summed E-state index contributed by atoms with van der Waals surface area (Å²) in [7, 11) is 0. The molecule has 5 heteroatoms. The van der Waals surface area contributed by atoms with Crippen molar-refractivity contribution in [2.75, 3.05) is 0 Å². The molecule has 0 radical (unpaired) electrons. The Hall–Kier alpha value is -2.82. The molecule has 2 rings (SSSR count). The Morgan fingerprint density at radius 1 is 1.08 bits per heavy atom. The fraction of sp³-hybridized carbons (Fsp3) is 0.333. The molecule has 0 bridgehead atoms. The van der Waals surface area contributed by atoms with Crippen molar-refractivity contribution in [1.29, 1.82) is 0 Å². The molecular formula is C21H25NO4. The molecule has 0 unspecified atom stereocenters. The van der Waals surface area contributed by atoms with Gasteiger partial charge in [-0.15, -0.1) is 0 Å². The summed E-state index contributed by atoms with van der Waals surface area (Å²) in [6.45, 7) is 8.22. The molecule has 0 aliphatic rings. The highest BCUT2D eigenvalue weighted by Crippen LogP contribution is 2.24. The van der Waals surface area contributed by atoms with E-state index in [1.165, 1.54) is 6.07 Å². The molecule has 0 saturated heterocycles. The largest absolute Gasteiger partial charge is 0.488 e. The lowest BCUT2D eigenvalue weighted by Crippen LogP contribution is -2.27. The average Bonchev–Trinajstić information content (AvgIpc) is 2.53. The highest BCUT2D eigenvalue weighted by Gasteiger charge is 2.16. The van der Waals surface area contributed by atoms with Gasteiger partial charge in [-0.05, 0) is 51.0 Å². The first-order chi connectivity index (χ1) is 12.2. The van der Waals surface area contributed by atoms with Crippen LogP contribution in [-0.4, -0.2) is 22.6 Å². The van der Waals surface area contributed by atoms with Crippen LogP contribution in [0.25, 0.3) is 0 Å². The van der Waals surface area contributed by atoms with Gasteiger partial charge in [0.2, 0.25) is 5.91 Å². The zero-order valence-corrected chi connectivity index (χ0v) is 15.6. The number of aromatic carboxylic acids is 1. The number of rotatable bonds is 6. The van der Waals surface area contributed by atoms with Crippen LogP contribution in [0.4, 0.5) is 0 Å². The maximum atomic E-state index is 12.3. The summed E-state index contributed by atoms with van der Waals surface area (Å²) >= 11 is 0. The molecule has 2 aromatic carbocycles. The average molecular weight is 355 g/mol. The molecule has 138 valence electrons. The molecule has 0 aliphatic carbocycles. The van der Waals surface area contributed by atoms with Crippen LogP contribution in [0.5, 0.6) is 5.75 Å². The van der Waals surface area contributed by atoms with Crippen molar-refractivity contribution >= 4 is 11.9 Å². The molecule has 0 aliphatic heterocycles. The van der Waals surface area contributed by atoms with Gasteiger partial charge in [0.1, 0.15) is 11.4 Å². The first kappa shape index (κ1) is 19.5. The Morgan fingerprint density at radius 2 is 1.77 bits per heavy atom. The first-order valence-electron chi connectivity index (χ1n) is 8.52. The third-order valence-electron chi connectivity index (χ3n) is 3.71. The summed E-state index contributed by atoms with van der Waals surface area (Å²) in [6, 6.07) is 12.4. The number of ether oxygens (including phenoxy) is 1. The zero-order valence-electron chi connectivity index (χ0n) is 15.6. The van der Waals surface area contributed by atoms with Gasteiger partial charge in [0, 0.05) is 12.1 Å². The summed E-state index contributed by atoms with van der Waals surface area (Å²) in [4.78, 5) is 23.5. The molecule has 26 heavy (non-hydrogen) atoms. The second kappa shape index (κ2) is 8.04. The van der Waals surface area contributed by atoms with Gasteiger partial charge < -0.3 is 15.2 Å². The lowest BCUT2D eigenvalue weighted by molar-refractivity contribution is -0.120. The number of nitrogens with one attached hydrogen (secondary N) is 1. The molecule has 1 amide bonds. The predicted octanol–water partition coefficient (Wildman–Crippen LogP) is 3.73. The van der Waals surface area contributed by atoms with Gasteiger partial charge in [-0.25, -0.2) is 4.79 Å². The minimum Gasteiger partial charge on any atom is -0.488 e. The fourth-order valence-electron chi connectivity index (χ4n) is 2.55. The van der Waals surface area contributed by atoms with Crippen LogP contribution < -0.4 is 10.1 Å². The van der Waals surface area contributed by atoms with E-state index >= 15 is 0 Å². The van der Waals surface area contributed by atoms with Crippen molar-refractivity contribution in [3.05, 3.63) is 64.7 Å². The Kier molecular flexibility index (Phi) is 6.03. The van der Waals surface area contributed by atoms with E-state index < -0.39 is 5.97 Å². The van der Waals surface area contributed by atoms with Crippen LogP contribution in [-0.2, 0) is 17.8 Å². The number of hydrogen-bond donors (Lipinski definition) is 2. The SMILES string of the molecule is Cc1ccc(CNC(=O)Cc2ccccc2C(=O)O)c(OC(C)(C)C)c1. The molecule has 2 N–H and O–H groups in total. The Bertz CT molecular complexity index is 806. The van der Waals surface area contributed by atoms with Crippen LogP contribution in [0.3, 0.4) is 0 Å². The van der Waals surface area contributed by atoms with Crippen LogP contribution in [0.2, 0.25) is 0 Å². The van der Waals surface area contributed by atoms with E-state index in [9.17, 15) is 14.7 Å². The van der Waals surface area contributed by atoms with E-state index in [2.05, 4.69) is 5.32 Å². The molecule has 0 saturated carbocycles. The fourth-order valence-corrected chi connectivity index (χ4v) is 2.55. The number of amides is 1. The van der Waals surface area contributed by atoms with E-state index in [1.54, 1.807) is 18.2 Å². The normalized spacial score (nSPS) is 11.1. The number of carbonyl (C=O) groups is 2. The molecule has 2 aromatic rings. The Morgan fingerprint density at radius 3 is 2.42 bits per heavy atom. The van der Waals surface area contributed by atoms with Gasteiger partial charge in [-0.1, -0.05) is 30.3 Å². The molecular weight excluding hydrogens is 330 g/mol. The first-order valence-corrected chi connectivity index (χ1v) is 8.52. The smallest absolute Gasteiger partial charge is 0.335 e. The van der Waals surface area contributed by atoms with Crippen molar-refractivity contribution in [3.63, 3.8) is 0 Å². The summed E-state index contributed by atoms with van der Waals surface area (Å²) in [5.74, 6) is -0.530. The van der Waals surface area contributed by atoms with E-state index in [1.807, 2.05) is 45.9 Å². The van der Waals surface area contributed by atoms with Crippen molar-refractivity contribution in [1.82, 2.24) is 5.32 Å². The minimum absolute atomic E-state index is 0.0177. The van der Waals surface area contributed by atoms with Gasteiger partial charge in [-0.2, -0.15) is 0 Å². The lowest BCUT2D eigenvalue weighted by Gasteiger charge is -2.24. The summed E-state index contributed by atoms with van der Waals surface area (Å²) in [5, 5.41) is 12.1. The number of carboxylic acid groups (broad SMARTS) is 1. The molecule has 0 fully saturated rings. The van der Waals surface area contributed by atoms with Crippen LogP contribution in [0.15, 0.2) is 42.5 Å². The number of carboxylic acids is 1. The van der Waals surface area contributed by atoms with E-state index in [-0.39, 0.29) is 23.5 Å². The van der Waals surface area contributed by atoms with Crippen LogP contribution >= 0.6 is 0 Å². The number of benzene rings is 2. The van der Waals surface area contributed by atoms with Crippen molar-refractivity contribution in [3.8, 4) is 5.75 Å². The van der Waals surface area contributed by atoms with Crippen molar-refractivity contribution < 1.29 is 19.4 Å². The monoisotopic (exact) mass is 355 g/mol. The standard InChI is InChI=1S/C21H25NO4/c1-14-9-10-16(18(11-14)26-21(2,3)4)13-22-19(23)12-15-7-5-6-8-17(15)20(24)25/h5-11H,12-13H2,1-4H3,(H,22,23)(H,24,25). The van der Waals surface area contributed by atoms with Gasteiger partial charge in [-0.3, -0.25) is 4.79 Å². The van der Waals surface area contributed by atoms with E-state index in [0.29, 0.717) is 12.1 Å². The maximum absolute atomic E-state index is 12.3. The van der Waals surface area contributed by atoms with E-state index in [4.69, 9.17) is 4.74 Å². The zero-order chi connectivity index (χ0) is 19.3. The highest BCUT2D eigenvalue weighted by atomic mass is 16.5. The van der Waals surface area contributed by atoms with E-state index in [0.717, 1.165) is 16.9 Å². The summed E-state index contributed by atoms with van der Waals surface area (Å²) in [5.41, 5.74) is 2.26. The summed E-state index contributed by atoms with van der Waals surface area (Å²) in [6.07, 6.45) is 0.0177. The van der Waals surface area contributed by atoms with Crippen LogP contribution in [0.1, 0.15) is 47.8 Å². The Balaban J connectivity index is 2.07. The highest BCUT2D eigenvalue weighted by molar-refractivity contribution is 5.91. The van der Waals surface area contributed by atoms with Gasteiger partial charge in [0.05, 0.1) is 12.0 Å². The molecule has 5 nitrogen and oxygen atoms in total. The number of carbonyl (C=O) groups excluding carboxylic acids is 1. The van der Waals surface area contributed by atoms with Gasteiger partial charge in [0.15, 0.2) is 0 Å². The second-order valence-electron chi connectivity index (χ2n) is 7.24. The molecule has 0 aromatic heterocycles. The third kappa shape index (κ3) is 5.62. The van der Waals surface area contributed by atoms with Gasteiger partial charge >= 0.3 is 5.97 Å². The number of aryl methyl sites for hydroxylation is 1. The summed E-state index contributed by atoms with van der Waals surface area (Å²) < 4.78 is 5.99. The second-order valence-corrected chi connectivity index (χ2v) is 7.24. The Labute approximate surface area is 154 Å².